The van der Waals surface area contributed by atoms with Crippen LogP contribution in [-0.4, -0.2) is 50.6 Å². The van der Waals surface area contributed by atoms with Crippen LogP contribution in [0.2, 0.25) is 0 Å². The van der Waals surface area contributed by atoms with E-state index in [4.69, 9.17) is 0 Å². The van der Waals surface area contributed by atoms with Crippen molar-refractivity contribution in [3.05, 3.63) is 0 Å². The normalized spacial score (nSPS) is 33.0. The lowest BCUT2D eigenvalue weighted by atomic mass is 9.86. The van der Waals surface area contributed by atoms with Crippen LogP contribution >= 0.6 is 0 Å². The standard InChI is InChI=1S/C15H26N2O3S/c1-9(2)12-13(18)16-15(4,11-6-7-11)14(19)17(12)8-10(3)21(5)20/h9-12H,6-8H2,1-5H3,(H,16,18). The fourth-order valence-corrected chi connectivity index (χ4v) is 3.50. The first-order valence-corrected chi connectivity index (χ1v) is 9.26. The maximum atomic E-state index is 13.0. The molecule has 2 rings (SSSR count). The third kappa shape index (κ3) is 3.00. The summed E-state index contributed by atoms with van der Waals surface area (Å²) in [6, 6.07) is -0.463. The topological polar surface area (TPSA) is 66.5 Å². The van der Waals surface area contributed by atoms with Crippen molar-refractivity contribution in [3.8, 4) is 0 Å². The highest BCUT2D eigenvalue weighted by Gasteiger charge is 2.55. The van der Waals surface area contributed by atoms with E-state index in [1.54, 1.807) is 11.2 Å². The fraction of sp³-hybridized carbons (Fsp3) is 0.867. The molecule has 0 spiro atoms. The van der Waals surface area contributed by atoms with Crippen LogP contribution in [0.3, 0.4) is 0 Å². The molecule has 2 aliphatic rings. The van der Waals surface area contributed by atoms with Crippen molar-refractivity contribution in [1.29, 1.82) is 0 Å². The van der Waals surface area contributed by atoms with Gasteiger partial charge >= 0.3 is 0 Å². The number of carbonyl (C=O) groups is 2. The van der Waals surface area contributed by atoms with E-state index in [1.807, 2.05) is 27.7 Å². The van der Waals surface area contributed by atoms with Crippen molar-refractivity contribution in [1.82, 2.24) is 10.2 Å². The number of piperazine rings is 1. The van der Waals surface area contributed by atoms with Crippen molar-refractivity contribution in [3.63, 3.8) is 0 Å². The number of hydrogen-bond acceptors (Lipinski definition) is 3. The third-order valence-corrected chi connectivity index (χ3v) is 6.02. The van der Waals surface area contributed by atoms with Gasteiger partial charge in [0.05, 0.1) is 0 Å². The number of nitrogens with one attached hydrogen (secondary N) is 1. The van der Waals surface area contributed by atoms with E-state index in [2.05, 4.69) is 5.32 Å². The Morgan fingerprint density at radius 3 is 2.33 bits per heavy atom. The maximum absolute atomic E-state index is 13.0. The van der Waals surface area contributed by atoms with Crippen molar-refractivity contribution < 1.29 is 13.8 Å². The van der Waals surface area contributed by atoms with Gasteiger partial charge in [0.25, 0.3) is 0 Å². The second kappa shape index (κ2) is 5.71. The molecule has 2 fully saturated rings. The smallest absolute Gasteiger partial charge is 0.249 e. The first-order valence-electron chi connectivity index (χ1n) is 7.63. The van der Waals surface area contributed by atoms with Crippen molar-refractivity contribution in [2.24, 2.45) is 11.8 Å². The van der Waals surface area contributed by atoms with Crippen LogP contribution in [0, 0.1) is 11.8 Å². The molecule has 1 aliphatic carbocycles. The molecule has 4 atom stereocenters. The van der Waals surface area contributed by atoms with Crippen LogP contribution in [0.15, 0.2) is 0 Å². The van der Waals surface area contributed by atoms with Crippen molar-refractivity contribution in [2.75, 3.05) is 12.8 Å². The molecule has 5 nitrogen and oxygen atoms in total. The molecular formula is C15H26N2O3S. The molecule has 0 radical (unpaired) electrons. The Morgan fingerprint density at radius 2 is 1.90 bits per heavy atom. The predicted molar refractivity (Wildman–Crippen MR) is 83.1 cm³/mol. The second-order valence-electron chi connectivity index (χ2n) is 6.92. The molecule has 1 heterocycles. The Balaban J connectivity index is 2.30. The zero-order valence-corrected chi connectivity index (χ0v) is 14.3. The molecule has 21 heavy (non-hydrogen) atoms. The number of hydrogen-bond donors (Lipinski definition) is 1. The largest absolute Gasteiger partial charge is 0.340 e. The number of carbonyl (C=O) groups excluding carboxylic acids is 2. The SMILES string of the molecule is CC(C)C1C(=O)NC(C)(C2CC2)C(=O)N1CC(C)S(C)=O. The predicted octanol–water partition coefficient (Wildman–Crippen LogP) is 0.905. The minimum atomic E-state index is -1.01. The zero-order chi connectivity index (χ0) is 15.9. The van der Waals surface area contributed by atoms with Gasteiger partial charge in [-0.15, -0.1) is 0 Å². The molecule has 0 aromatic carbocycles. The van der Waals surface area contributed by atoms with E-state index in [0.717, 1.165) is 12.8 Å². The highest BCUT2D eigenvalue weighted by Crippen LogP contribution is 2.42. The van der Waals surface area contributed by atoms with Crippen LogP contribution in [0.25, 0.3) is 0 Å². The lowest BCUT2D eigenvalue weighted by Gasteiger charge is -2.46. The summed E-state index contributed by atoms with van der Waals surface area (Å²) in [5.41, 5.74) is -0.780. The summed E-state index contributed by atoms with van der Waals surface area (Å²) >= 11 is 0. The minimum Gasteiger partial charge on any atom is -0.340 e. The Kier molecular flexibility index (Phi) is 4.47. The Labute approximate surface area is 129 Å². The molecular weight excluding hydrogens is 288 g/mol. The van der Waals surface area contributed by atoms with Crippen LogP contribution in [0.4, 0.5) is 0 Å². The fourth-order valence-electron chi connectivity index (χ4n) is 3.13. The molecule has 0 aromatic heterocycles. The maximum Gasteiger partial charge on any atom is 0.249 e. The first kappa shape index (κ1) is 16.5. The van der Waals surface area contributed by atoms with Gasteiger partial charge in [-0.2, -0.15) is 0 Å². The minimum absolute atomic E-state index is 0.0133. The van der Waals surface area contributed by atoms with Crippen LogP contribution in [0.1, 0.15) is 40.5 Å². The summed E-state index contributed by atoms with van der Waals surface area (Å²) in [5.74, 6) is 0.191. The molecule has 120 valence electrons. The number of amides is 2. The lowest BCUT2D eigenvalue weighted by Crippen LogP contribution is -2.71. The van der Waals surface area contributed by atoms with E-state index in [9.17, 15) is 13.8 Å². The molecule has 1 saturated carbocycles. The Bertz CT molecular complexity index is 476. The molecule has 2 amide bonds. The summed E-state index contributed by atoms with van der Waals surface area (Å²) in [5, 5.41) is 2.83. The van der Waals surface area contributed by atoms with Crippen LogP contribution in [0.5, 0.6) is 0 Å². The Morgan fingerprint density at radius 1 is 1.33 bits per heavy atom. The molecule has 4 unspecified atom stereocenters. The molecule has 6 heteroatoms. The van der Waals surface area contributed by atoms with Crippen molar-refractivity contribution in [2.45, 2.75) is 57.4 Å². The van der Waals surface area contributed by atoms with Gasteiger partial charge in [-0.1, -0.05) is 13.8 Å². The van der Waals surface area contributed by atoms with Gasteiger partial charge in [-0.25, -0.2) is 0 Å². The average Bonchev–Trinajstić information content (AvgIpc) is 3.19. The summed E-state index contributed by atoms with van der Waals surface area (Å²) in [7, 11) is -1.01. The molecule has 0 bridgehead atoms. The van der Waals surface area contributed by atoms with Crippen LogP contribution in [-0.2, 0) is 20.4 Å². The van der Waals surface area contributed by atoms with E-state index in [0.29, 0.717) is 6.54 Å². The van der Waals surface area contributed by atoms with E-state index >= 15 is 0 Å². The van der Waals surface area contributed by atoms with Gasteiger partial charge in [0.1, 0.15) is 11.6 Å². The molecule has 1 N–H and O–H groups in total. The third-order valence-electron chi connectivity index (χ3n) is 4.74. The van der Waals surface area contributed by atoms with Gasteiger partial charge < -0.3 is 10.2 Å². The van der Waals surface area contributed by atoms with Crippen molar-refractivity contribution >= 4 is 22.6 Å². The van der Waals surface area contributed by atoms with E-state index in [1.165, 1.54) is 0 Å². The lowest BCUT2D eigenvalue weighted by molar-refractivity contribution is -0.157. The summed E-state index contributed by atoms with van der Waals surface area (Å²) < 4.78 is 11.7. The average molecular weight is 314 g/mol. The highest BCUT2D eigenvalue weighted by molar-refractivity contribution is 7.84. The first-order chi connectivity index (χ1) is 9.68. The quantitative estimate of drug-likeness (QED) is 0.820. The summed E-state index contributed by atoms with van der Waals surface area (Å²) in [6.07, 6.45) is 3.61. The monoisotopic (exact) mass is 314 g/mol. The van der Waals surface area contributed by atoms with Crippen LogP contribution < -0.4 is 5.32 Å². The van der Waals surface area contributed by atoms with Gasteiger partial charge in [0.15, 0.2) is 0 Å². The summed E-state index contributed by atoms with van der Waals surface area (Å²) in [6.45, 7) is 7.96. The van der Waals surface area contributed by atoms with Gasteiger partial charge in [0, 0.05) is 28.9 Å². The Hall–Kier alpha value is -0.910. The summed E-state index contributed by atoms with van der Waals surface area (Å²) in [4.78, 5) is 27.1. The number of rotatable bonds is 5. The molecule has 1 saturated heterocycles. The zero-order valence-electron chi connectivity index (χ0n) is 13.5. The van der Waals surface area contributed by atoms with Gasteiger partial charge in [0.2, 0.25) is 11.8 Å². The van der Waals surface area contributed by atoms with Gasteiger partial charge in [-0.05, 0) is 38.5 Å². The molecule has 0 aromatic rings. The van der Waals surface area contributed by atoms with Gasteiger partial charge in [-0.3, -0.25) is 13.8 Å². The van der Waals surface area contributed by atoms with E-state index in [-0.39, 0.29) is 28.9 Å². The molecule has 1 aliphatic heterocycles. The van der Waals surface area contributed by atoms with E-state index < -0.39 is 22.4 Å². The highest BCUT2D eigenvalue weighted by atomic mass is 32.2. The number of nitrogens with zero attached hydrogens (tertiary/aromatic N) is 1. The second-order valence-corrected chi connectivity index (χ2v) is 8.72.